The molecule has 1 N–H and O–H groups in total. The van der Waals surface area contributed by atoms with Crippen LogP contribution in [-0.2, 0) is 14.3 Å². The maximum Gasteiger partial charge on any atom is 0.307 e. The van der Waals surface area contributed by atoms with Crippen molar-refractivity contribution in [3.8, 4) is 0 Å². The summed E-state index contributed by atoms with van der Waals surface area (Å²) < 4.78 is 5.71. The molecule has 2 rings (SSSR count). The van der Waals surface area contributed by atoms with Gasteiger partial charge in [-0.3, -0.25) is 14.5 Å². The summed E-state index contributed by atoms with van der Waals surface area (Å²) in [5.41, 5.74) is 0.773. The van der Waals surface area contributed by atoms with Crippen molar-refractivity contribution in [2.24, 2.45) is 0 Å². The number of methoxy groups -OCH3 is 1. The van der Waals surface area contributed by atoms with Crippen LogP contribution in [0, 0.1) is 0 Å². The van der Waals surface area contributed by atoms with Gasteiger partial charge in [0.25, 0.3) is 0 Å². The van der Waals surface area contributed by atoms with E-state index in [2.05, 4.69) is 26.1 Å². The lowest BCUT2D eigenvalue weighted by Crippen LogP contribution is -2.45. The molecule has 1 amide bonds. The van der Waals surface area contributed by atoms with Gasteiger partial charge in [-0.2, -0.15) is 0 Å². The number of nitrogens with zero attached hydrogens (tertiary/aromatic N) is 1. The molecule has 1 heterocycles. The topological polar surface area (TPSA) is 58.6 Å². The average molecular weight is 369 g/mol. The van der Waals surface area contributed by atoms with E-state index in [4.69, 9.17) is 4.74 Å². The molecule has 22 heavy (non-hydrogen) atoms. The van der Waals surface area contributed by atoms with Gasteiger partial charge in [-0.25, -0.2) is 0 Å². The van der Waals surface area contributed by atoms with Crippen molar-refractivity contribution < 1.29 is 14.3 Å². The number of halogens is 1. The van der Waals surface area contributed by atoms with E-state index in [-0.39, 0.29) is 17.9 Å². The van der Waals surface area contributed by atoms with E-state index in [1.165, 1.54) is 7.11 Å². The minimum atomic E-state index is -0.217. The first-order chi connectivity index (χ1) is 10.6. The molecule has 5 nitrogen and oxygen atoms in total. The van der Waals surface area contributed by atoms with Crippen molar-refractivity contribution in [2.45, 2.75) is 31.7 Å². The van der Waals surface area contributed by atoms with Crippen LogP contribution in [0.2, 0.25) is 0 Å². The molecule has 1 fully saturated rings. The van der Waals surface area contributed by atoms with Gasteiger partial charge in [-0.05, 0) is 43.7 Å². The number of hydrogen-bond donors (Lipinski definition) is 1. The third kappa shape index (κ3) is 5.10. The molecule has 1 unspecified atom stereocenters. The van der Waals surface area contributed by atoms with Gasteiger partial charge in [0.2, 0.25) is 5.91 Å². The SMILES string of the molecule is COC(=O)CC1CCCCN1CC(=O)Nc1ccc(Br)cc1. The smallest absolute Gasteiger partial charge is 0.307 e. The van der Waals surface area contributed by atoms with E-state index < -0.39 is 0 Å². The van der Waals surface area contributed by atoms with Crippen molar-refractivity contribution in [1.82, 2.24) is 4.90 Å². The molecule has 0 bridgehead atoms. The summed E-state index contributed by atoms with van der Waals surface area (Å²) in [7, 11) is 1.40. The van der Waals surface area contributed by atoms with Crippen LogP contribution in [0.5, 0.6) is 0 Å². The van der Waals surface area contributed by atoms with Crippen molar-refractivity contribution >= 4 is 33.5 Å². The van der Waals surface area contributed by atoms with E-state index >= 15 is 0 Å². The predicted octanol–water partition coefficient (Wildman–Crippen LogP) is 2.81. The summed E-state index contributed by atoms with van der Waals surface area (Å²) in [6, 6.07) is 7.57. The molecule has 0 aromatic heterocycles. The number of amides is 1. The molecule has 1 atom stereocenters. The maximum absolute atomic E-state index is 12.2. The molecule has 1 aromatic rings. The second-order valence-electron chi connectivity index (χ2n) is 5.46. The molecular formula is C16H21BrN2O3. The van der Waals surface area contributed by atoms with Crippen LogP contribution in [0.4, 0.5) is 5.69 Å². The average Bonchev–Trinajstić information content (AvgIpc) is 2.51. The quantitative estimate of drug-likeness (QED) is 0.811. The first kappa shape index (κ1) is 17.0. The number of hydrogen-bond acceptors (Lipinski definition) is 4. The maximum atomic E-state index is 12.2. The standard InChI is InChI=1S/C16H21BrN2O3/c1-22-16(21)10-14-4-2-3-9-19(14)11-15(20)18-13-7-5-12(17)6-8-13/h5-8,14H,2-4,9-11H2,1H3,(H,18,20). The summed E-state index contributed by atoms with van der Waals surface area (Å²) in [5, 5.41) is 2.89. The highest BCUT2D eigenvalue weighted by Gasteiger charge is 2.26. The van der Waals surface area contributed by atoms with E-state index in [1.54, 1.807) is 0 Å². The number of esters is 1. The number of anilines is 1. The number of likely N-dealkylation sites (tertiary alicyclic amines) is 1. The number of benzene rings is 1. The van der Waals surface area contributed by atoms with E-state index in [9.17, 15) is 9.59 Å². The highest BCUT2D eigenvalue weighted by molar-refractivity contribution is 9.10. The van der Waals surface area contributed by atoms with E-state index in [0.717, 1.165) is 36.0 Å². The largest absolute Gasteiger partial charge is 0.469 e. The van der Waals surface area contributed by atoms with Crippen molar-refractivity contribution in [1.29, 1.82) is 0 Å². The summed E-state index contributed by atoms with van der Waals surface area (Å²) in [6.07, 6.45) is 3.43. The Kier molecular flexibility index (Phi) is 6.39. The lowest BCUT2D eigenvalue weighted by molar-refractivity contribution is -0.142. The van der Waals surface area contributed by atoms with Crippen LogP contribution >= 0.6 is 15.9 Å². The van der Waals surface area contributed by atoms with Crippen molar-refractivity contribution in [3.63, 3.8) is 0 Å². The minimum absolute atomic E-state index is 0.0564. The van der Waals surface area contributed by atoms with Crippen LogP contribution in [0.25, 0.3) is 0 Å². The summed E-state index contributed by atoms with van der Waals surface area (Å²) in [6.45, 7) is 1.15. The number of ether oxygens (including phenoxy) is 1. The summed E-state index contributed by atoms with van der Waals surface area (Å²) in [5.74, 6) is -0.274. The molecule has 1 aliphatic rings. The monoisotopic (exact) mass is 368 g/mol. The summed E-state index contributed by atoms with van der Waals surface area (Å²) in [4.78, 5) is 25.7. The van der Waals surface area contributed by atoms with Crippen LogP contribution in [0.15, 0.2) is 28.7 Å². The van der Waals surface area contributed by atoms with Crippen LogP contribution in [0.3, 0.4) is 0 Å². The van der Waals surface area contributed by atoms with Crippen molar-refractivity contribution in [3.05, 3.63) is 28.7 Å². The van der Waals surface area contributed by atoms with E-state index in [1.807, 2.05) is 24.3 Å². The molecule has 0 spiro atoms. The van der Waals surface area contributed by atoms with Gasteiger partial charge in [0, 0.05) is 16.2 Å². The number of nitrogens with one attached hydrogen (secondary N) is 1. The Labute approximate surface area is 139 Å². The van der Waals surface area contributed by atoms with Crippen LogP contribution < -0.4 is 5.32 Å². The Morgan fingerprint density at radius 1 is 1.32 bits per heavy atom. The lowest BCUT2D eigenvalue weighted by atomic mass is 9.99. The highest BCUT2D eigenvalue weighted by Crippen LogP contribution is 2.20. The van der Waals surface area contributed by atoms with Gasteiger partial charge >= 0.3 is 5.97 Å². The second-order valence-corrected chi connectivity index (χ2v) is 6.37. The molecule has 0 saturated carbocycles. The fourth-order valence-electron chi connectivity index (χ4n) is 2.69. The van der Waals surface area contributed by atoms with Crippen LogP contribution in [0.1, 0.15) is 25.7 Å². The fourth-order valence-corrected chi connectivity index (χ4v) is 2.96. The zero-order chi connectivity index (χ0) is 15.9. The number of carbonyl (C=O) groups excluding carboxylic acids is 2. The fraction of sp³-hybridized carbons (Fsp3) is 0.500. The van der Waals surface area contributed by atoms with Gasteiger partial charge in [0.05, 0.1) is 20.1 Å². The normalized spacial score (nSPS) is 18.7. The molecule has 0 aliphatic carbocycles. The molecule has 0 radical (unpaired) electrons. The first-order valence-electron chi connectivity index (χ1n) is 7.45. The lowest BCUT2D eigenvalue weighted by Gasteiger charge is -2.34. The summed E-state index contributed by atoms with van der Waals surface area (Å²) >= 11 is 3.36. The Morgan fingerprint density at radius 2 is 2.05 bits per heavy atom. The molecule has 120 valence electrons. The molecular weight excluding hydrogens is 348 g/mol. The van der Waals surface area contributed by atoms with Crippen LogP contribution in [-0.4, -0.2) is 43.0 Å². The number of piperidine rings is 1. The molecule has 1 aromatic carbocycles. The Morgan fingerprint density at radius 3 is 2.73 bits per heavy atom. The molecule has 1 aliphatic heterocycles. The minimum Gasteiger partial charge on any atom is -0.469 e. The van der Waals surface area contributed by atoms with Gasteiger partial charge in [-0.1, -0.05) is 22.4 Å². The van der Waals surface area contributed by atoms with E-state index in [0.29, 0.717) is 13.0 Å². The third-order valence-electron chi connectivity index (χ3n) is 3.85. The third-order valence-corrected chi connectivity index (χ3v) is 4.38. The first-order valence-corrected chi connectivity index (χ1v) is 8.24. The van der Waals surface area contributed by atoms with Gasteiger partial charge in [0.15, 0.2) is 0 Å². The molecule has 1 saturated heterocycles. The predicted molar refractivity (Wildman–Crippen MR) is 88.6 cm³/mol. The van der Waals surface area contributed by atoms with Gasteiger partial charge in [-0.15, -0.1) is 0 Å². The van der Waals surface area contributed by atoms with Gasteiger partial charge < -0.3 is 10.1 Å². The zero-order valence-electron chi connectivity index (χ0n) is 12.7. The Balaban J connectivity index is 1.90. The van der Waals surface area contributed by atoms with Gasteiger partial charge in [0.1, 0.15) is 0 Å². The number of rotatable bonds is 5. The Hall–Kier alpha value is -1.40. The second kappa shape index (κ2) is 8.29. The Bertz CT molecular complexity index is 519. The zero-order valence-corrected chi connectivity index (χ0v) is 14.3. The molecule has 6 heteroatoms. The van der Waals surface area contributed by atoms with Crippen molar-refractivity contribution in [2.75, 3.05) is 25.5 Å². The highest BCUT2D eigenvalue weighted by atomic mass is 79.9. The number of carbonyl (C=O) groups is 2.